The van der Waals surface area contributed by atoms with E-state index < -0.39 is 23.2 Å². The Bertz CT molecular complexity index is 1290. The van der Waals surface area contributed by atoms with Crippen LogP contribution in [0.4, 0.5) is 8.78 Å². The molecule has 2 aromatic rings. The van der Waals surface area contributed by atoms with Crippen molar-refractivity contribution >= 4 is 22.9 Å². The van der Waals surface area contributed by atoms with E-state index in [0.29, 0.717) is 23.3 Å². The average Bonchev–Trinajstić information content (AvgIpc) is 3.21. The number of aliphatic imine (C=N–C) groups is 1. The van der Waals surface area contributed by atoms with Crippen molar-refractivity contribution in [3.63, 3.8) is 0 Å². The van der Waals surface area contributed by atoms with Crippen LogP contribution in [0.5, 0.6) is 0 Å². The zero-order chi connectivity index (χ0) is 21.0. The molecule has 0 saturated heterocycles. The van der Waals surface area contributed by atoms with Gasteiger partial charge in [0.2, 0.25) is 5.91 Å². The van der Waals surface area contributed by atoms with E-state index in [1.807, 2.05) is 6.08 Å². The number of benzene rings is 1. The van der Waals surface area contributed by atoms with Gasteiger partial charge in [-0.15, -0.1) is 0 Å². The van der Waals surface area contributed by atoms with Crippen LogP contribution < -0.4 is 5.56 Å². The molecule has 1 N–H and O–H groups in total. The number of aromatic nitrogens is 1. The zero-order valence-electron chi connectivity index (χ0n) is 16.0. The van der Waals surface area contributed by atoms with Gasteiger partial charge in [0.15, 0.2) is 11.6 Å². The SMILES string of the molecule is CN(C(=O)C1=CC=C2N=CC=C2C1)C1COCc2[nH]c(=O)c3cc(F)c(F)cc3c21. The number of nitrogens with zero attached hydrogens (tertiary/aromatic N) is 2. The number of rotatable bonds is 2. The van der Waals surface area contributed by atoms with Gasteiger partial charge in [-0.3, -0.25) is 14.6 Å². The van der Waals surface area contributed by atoms with Gasteiger partial charge in [-0.1, -0.05) is 6.08 Å². The summed E-state index contributed by atoms with van der Waals surface area (Å²) in [7, 11) is 1.64. The Morgan fingerprint density at radius 1 is 1.20 bits per heavy atom. The van der Waals surface area contributed by atoms with Crippen molar-refractivity contribution in [1.29, 1.82) is 0 Å². The topological polar surface area (TPSA) is 74.8 Å². The second kappa shape index (κ2) is 6.84. The van der Waals surface area contributed by atoms with E-state index in [9.17, 15) is 18.4 Å². The van der Waals surface area contributed by atoms with Crippen LogP contribution in [0.25, 0.3) is 10.8 Å². The van der Waals surface area contributed by atoms with Gasteiger partial charge in [-0.05, 0) is 35.2 Å². The summed E-state index contributed by atoms with van der Waals surface area (Å²) in [4.78, 5) is 34.0. The highest BCUT2D eigenvalue weighted by molar-refractivity contribution is 5.96. The summed E-state index contributed by atoms with van der Waals surface area (Å²) in [6.45, 7) is 0.298. The lowest BCUT2D eigenvalue weighted by molar-refractivity contribution is -0.130. The standard InChI is InChI=1S/C22H17F2N3O3/c1-27(22(29)12-2-3-17-11(6-12)4-5-25-17)19-10-30-9-18-20(19)13-7-15(23)16(24)8-14(13)21(28)26-18/h2-5,7-8,19H,6,9-10H2,1H3,(H,26,28). The summed E-state index contributed by atoms with van der Waals surface area (Å²) >= 11 is 0. The number of carbonyl (C=O) groups excluding carboxylic acids is 1. The van der Waals surface area contributed by atoms with Gasteiger partial charge < -0.3 is 14.6 Å². The normalized spacial score (nSPS) is 19.7. The molecule has 1 aromatic heterocycles. The molecular formula is C22H17F2N3O3. The fourth-order valence-electron chi connectivity index (χ4n) is 4.18. The maximum absolute atomic E-state index is 14.0. The molecule has 6 nitrogen and oxygen atoms in total. The molecule has 152 valence electrons. The summed E-state index contributed by atoms with van der Waals surface area (Å²) in [5, 5.41) is 0.324. The molecule has 0 saturated carbocycles. The number of halogens is 2. The van der Waals surface area contributed by atoms with E-state index in [4.69, 9.17) is 4.74 Å². The summed E-state index contributed by atoms with van der Waals surface area (Å²) in [5.41, 5.74) is 2.92. The highest BCUT2D eigenvalue weighted by atomic mass is 19.2. The Kier molecular flexibility index (Phi) is 4.25. The molecule has 0 radical (unpaired) electrons. The predicted molar refractivity (Wildman–Crippen MR) is 107 cm³/mol. The maximum Gasteiger partial charge on any atom is 0.256 e. The van der Waals surface area contributed by atoms with Gasteiger partial charge in [-0.25, -0.2) is 8.78 Å². The summed E-state index contributed by atoms with van der Waals surface area (Å²) in [6, 6.07) is 1.34. The van der Waals surface area contributed by atoms with Crippen LogP contribution in [-0.2, 0) is 16.1 Å². The molecule has 0 fully saturated rings. The number of allylic oxidation sites excluding steroid dienone is 4. The molecule has 5 rings (SSSR count). The summed E-state index contributed by atoms with van der Waals surface area (Å²) in [5.74, 6) is -2.35. The third-order valence-corrected chi connectivity index (χ3v) is 5.74. The first kappa shape index (κ1) is 18.6. The summed E-state index contributed by atoms with van der Waals surface area (Å²) in [6.07, 6.45) is 7.59. The molecule has 2 aliphatic heterocycles. The van der Waals surface area contributed by atoms with Crippen LogP contribution >= 0.6 is 0 Å². The van der Waals surface area contributed by atoms with Crippen LogP contribution in [0.1, 0.15) is 23.7 Å². The third kappa shape index (κ3) is 2.83. The number of hydrogen-bond acceptors (Lipinski definition) is 4. The van der Waals surface area contributed by atoms with Crippen LogP contribution in [0.3, 0.4) is 0 Å². The minimum atomic E-state index is -1.09. The minimum Gasteiger partial charge on any atom is -0.373 e. The first-order chi connectivity index (χ1) is 14.4. The molecule has 1 unspecified atom stereocenters. The lowest BCUT2D eigenvalue weighted by Gasteiger charge is -2.34. The minimum absolute atomic E-state index is 0.0399. The molecule has 1 aliphatic carbocycles. The van der Waals surface area contributed by atoms with Gasteiger partial charge in [0, 0.05) is 36.5 Å². The Labute approximate surface area is 169 Å². The van der Waals surface area contributed by atoms with Crippen LogP contribution in [0, 0.1) is 11.6 Å². The number of amides is 1. The number of fused-ring (bicyclic) bond motifs is 4. The number of ether oxygens (including phenoxy) is 1. The predicted octanol–water partition coefficient (Wildman–Crippen LogP) is 3.06. The second-order valence-electron chi connectivity index (χ2n) is 7.50. The number of nitrogens with one attached hydrogen (secondary N) is 1. The van der Waals surface area contributed by atoms with E-state index in [1.165, 1.54) is 4.90 Å². The van der Waals surface area contributed by atoms with Crippen molar-refractivity contribution in [1.82, 2.24) is 9.88 Å². The molecular weight excluding hydrogens is 392 g/mol. The van der Waals surface area contributed by atoms with Gasteiger partial charge in [0.1, 0.15) is 0 Å². The lowest BCUT2D eigenvalue weighted by Crippen LogP contribution is -2.38. The van der Waals surface area contributed by atoms with E-state index in [1.54, 1.807) is 25.4 Å². The summed E-state index contributed by atoms with van der Waals surface area (Å²) < 4.78 is 33.4. The molecule has 3 aliphatic rings. The number of pyridine rings is 1. The molecule has 30 heavy (non-hydrogen) atoms. The first-order valence-electron chi connectivity index (χ1n) is 9.47. The average molecular weight is 409 g/mol. The van der Waals surface area contributed by atoms with Gasteiger partial charge in [-0.2, -0.15) is 0 Å². The van der Waals surface area contributed by atoms with Gasteiger partial charge in [0.25, 0.3) is 5.56 Å². The third-order valence-electron chi connectivity index (χ3n) is 5.74. The molecule has 1 amide bonds. The Morgan fingerprint density at radius 2 is 1.97 bits per heavy atom. The van der Waals surface area contributed by atoms with Crippen molar-refractivity contribution in [2.24, 2.45) is 4.99 Å². The Balaban J connectivity index is 1.57. The highest BCUT2D eigenvalue weighted by Crippen LogP contribution is 2.35. The van der Waals surface area contributed by atoms with E-state index in [-0.39, 0.29) is 29.9 Å². The Hall–Kier alpha value is -3.39. The van der Waals surface area contributed by atoms with Crippen LogP contribution in [-0.4, -0.2) is 35.7 Å². The van der Waals surface area contributed by atoms with E-state index in [2.05, 4.69) is 9.98 Å². The van der Waals surface area contributed by atoms with Crippen LogP contribution in [0.15, 0.2) is 57.0 Å². The van der Waals surface area contributed by atoms with Gasteiger partial charge in [0.05, 0.1) is 30.3 Å². The number of H-pyrrole nitrogens is 1. The van der Waals surface area contributed by atoms with Crippen molar-refractivity contribution in [3.05, 3.63) is 80.4 Å². The first-order valence-corrected chi connectivity index (χ1v) is 9.47. The van der Waals surface area contributed by atoms with Crippen molar-refractivity contribution in [3.8, 4) is 0 Å². The number of aromatic amines is 1. The van der Waals surface area contributed by atoms with Gasteiger partial charge >= 0.3 is 0 Å². The quantitative estimate of drug-likeness (QED) is 0.829. The van der Waals surface area contributed by atoms with E-state index in [0.717, 1.165) is 23.4 Å². The fraction of sp³-hybridized carbons (Fsp3) is 0.227. The molecule has 1 aromatic carbocycles. The maximum atomic E-state index is 14.0. The number of carbonyl (C=O) groups is 1. The highest BCUT2D eigenvalue weighted by Gasteiger charge is 2.32. The van der Waals surface area contributed by atoms with Crippen molar-refractivity contribution in [2.45, 2.75) is 19.1 Å². The van der Waals surface area contributed by atoms with Crippen LogP contribution in [0.2, 0.25) is 0 Å². The molecule has 1 atom stereocenters. The molecule has 0 bridgehead atoms. The molecule has 0 spiro atoms. The fourth-order valence-corrected chi connectivity index (χ4v) is 4.18. The lowest BCUT2D eigenvalue weighted by atomic mass is 9.93. The molecule has 8 heteroatoms. The monoisotopic (exact) mass is 409 g/mol. The largest absolute Gasteiger partial charge is 0.373 e. The zero-order valence-corrected chi connectivity index (χ0v) is 16.0. The van der Waals surface area contributed by atoms with Crippen molar-refractivity contribution in [2.75, 3.05) is 13.7 Å². The van der Waals surface area contributed by atoms with Crippen molar-refractivity contribution < 1.29 is 18.3 Å². The molecule has 3 heterocycles. The smallest absolute Gasteiger partial charge is 0.256 e. The Morgan fingerprint density at radius 3 is 2.77 bits per heavy atom. The number of hydrogen-bond donors (Lipinski definition) is 1. The van der Waals surface area contributed by atoms with E-state index >= 15 is 0 Å². The second-order valence-corrected chi connectivity index (χ2v) is 7.50. The number of likely N-dealkylation sites (N-methyl/N-ethyl adjacent to an activating group) is 1.